The van der Waals surface area contributed by atoms with E-state index in [4.69, 9.17) is 0 Å². The van der Waals surface area contributed by atoms with E-state index in [2.05, 4.69) is 206 Å². The number of hydrogen-bond acceptors (Lipinski definition) is 1. The number of aromatic nitrogens is 2. The molecule has 9 aromatic rings. The van der Waals surface area contributed by atoms with E-state index in [1.54, 1.807) is 0 Å². The van der Waals surface area contributed by atoms with Crippen LogP contribution < -0.4 is 4.90 Å². The van der Waals surface area contributed by atoms with E-state index in [0.29, 0.717) is 0 Å². The molecular weight excluding hydrogens is 679 g/mol. The standard InChI is InChI=1S/C53H43N3/c1-33-15-7-6-14-26-55(49-19-11-8-16-40(33)49)52-29-34(2)43(27-36(52)4)38-22-24-47-45(31-38)46-32-39(23-25-48(46)54-47)44-28-37(5)53(30-35(44)3)56-50-20-12-9-17-41(50)42-18-10-13-21-51(42)56/h6-25,27-32,54H,1,26H2,2-5H3/b14-6-,15-7-. The monoisotopic (exact) mass is 721 g/mol. The molecule has 0 saturated heterocycles. The number of nitrogens with zero attached hydrogens (tertiary/aromatic N) is 2. The average Bonchev–Trinajstić information content (AvgIpc) is 3.77. The van der Waals surface area contributed by atoms with E-state index in [-0.39, 0.29) is 0 Å². The zero-order valence-corrected chi connectivity index (χ0v) is 32.3. The van der Waals surface area contributed by atoms with Crippen LogP contribution in [0.5, 0.6) is 0 Å². The molecule has 56 heavy (non-hydrogen) atoms. The largest absolute Gasteiger partial charge is 0.355 e. The highest BCUT2D eigenvalue weighted by Gasteiger charge is 2.19. The number of allylic oxidation sites excluding steroid dienone is 4. The first kappa shape index (κ1) is 33.7. The van der Waals surface area contributed by atoms with E-state index in [1.807, 2.05) is 0 Å². The minimum absolute atomic E-state index is 0.778. The first-order chi connectivity index (χ1) is 27.3. The van der Waals surface area contributed by atoms with Crippen LogP contribution in [-0.2, 0) is 0 Å². The number of aryl methyl sites for hydroxylation is 4. The Balaban J connectivity index is 1.04. The second-order valence-electron chi connectivity index (χ2n) is 15.4. The Bertz CT molecular complexity index is 3070. The lowest BCUT2D eigenvalue weighted by Crippen LogP contribution is -2.19. The van der Waals surface area contributed by atoms with Gasteiger partial charge >= 0.3 is 0 Å². The molecule has 0 spiro atoms. The lowest BCUT2D eigenvalue weighted by Gasteiger charge is -2.28. The quantitative estimate of drug-likeness (QED) is 0.192. The fraction of sp³-hybridized carbons (Fsp3) is 0.0943. The second kappa shape index (κ2) is 13.2. The van der Waals surface area contributed by atoms with Crippen molar-refractivity contribution in [1.82, 2.24) is 9.55 Å². The zero-order chi connectivity index (χ0) is 38.1. The molecule has 0 fully saturated rings. The minimum atomic E-state index is 0.778. The number of anilines is 2. The van der Waals surface area contributed by atoms with Gasteiger partial charge in [0.1, 0.15) is 0 Å². The Morgan fingerprint density at radius 2 is 1.04 bits per heavy atom. The van der Waals surface area contributed by atoms with Gasteiger partial charge in [-0.1, -0.05) is 97.6 Å². The van der Waals surface area contributed by atoms with Crippen molar-refractivity contribution in [2.75, 3.05) is 11.4 Å². The van der Waals surface area contributed by atoms with E-state index in [0.717, 1.165) is 28.7 Å². The van der Waals surface area contributed by atoms with Gasteiger partial charge in [-0.25, -0.2) is 0 Å². The molecule has 0 saturated carbocycles. The topological polar surface area (TPSA) is 24.0 Å². The molecular formula is C53H43N3. The molecule has 0 aliphatic carbocycles. The average molecular weight is 722 g/mol. The number of rotatable bonds is 4. The number of hydrogen-bond donors (Lipinski definition) is 1. The molecule has 3 nitrogen and oxygen atoms in total. The van der Waals surface area contributed by atoms with Gasteiger partial charge in [0.05, 0.1) is 11.0 Å². The van der Waals surface area contributed by atoms with Crippen molar-refractivity contribution in [1.29, 1.82) is 0 Å². The van der Waals surface area contributed by atoms with Crippen LogP contribution in [0.4, 0.5) is 11.4 Å². The molecule has 0 unspecified atom stereocenters. The number of H-pyrrole nitrogens is 1. The lowest BCUT2D eigenvalue weighted by atomic mass is 9.94. The number of para-hydroxylation sites is 3. The van der Waals surface area contributed by atoms with Crippen LogP contribution in [0.15, 0.2) is 164 Å². The van der Waals surface area contributed by atoms with Crippen molar-refractivity contribution in [3.63, 3.8) is 0 Å². The van der Waals surface area contributed by atoms with Crippen LogP contribution in [0.25, 0.3) is 77.1 Å². The third kappa shape index (κ3) is 5.42. The van der Waals surface area contributed by atoms with Crippen LogP contribution >= 0.6 is 0 Å². The summed E-state index contributed by atoms with van der Waals surface area (Å²) in [5, 5.41) is 5.04. The number of benzene rings is 7. The number of nitrogens with one attached hydrogen (secondary N) is 1. The molecule has 0 radical (unpaired) electrons. The molecule has 7 aromatic carbocycles. The Morgan fingerprint density at radius 3 is 1.68 bits per heavy atom. The Labute approximate surface area is 328 Å². The maximum Gasteiger partial charge on any atom is 0.0541 e. The van der Waals surface area contributed by atoms with Crippen molar-refractivity contribution < 1.29 is 0 Å². The predicted molar refractivity (Wildman–Crippen MR) is 241 cm³/mol. The maximum absolute atomic E-state index is 4.37. The van der Waals surface area contributed by atoms with Gasteiger partial charge in [0.25, 0.3) is 0 Å². The third-order valence-corrected chi connectivity index (χ3v) is 11.8. The molecule has 3 heteroatoms. The highest BCUT2D eigenvalue weighted by Crippen LogP contribution is 2.41. The molecule has 1 aliphatic rings. The van der Waals surface area contributed by atoms with E-state index in [9.17, 15) is 0 Å². The van der Waals surface area contributed by atoms with E-state index >= 15 is 0 Å². The van der Waals surface area contributed by atoms with Crippen LogP contribution in [0.1, 0.15) is 27.8 Å². The van der Waals surface area contributed by atoms with Gasteiger partial charge in [0.2, 0.25) is 0 Å². The number of aromatic amines is 1. The Morgan fingerprint density at radius 1 is 0.482 bits per heavy atom. The van der Waals surface area contributed by atoms with Crippen molar-refractivity contribution in [3.8, 4) is 27.9 Å². The van der Waals surface area contributed by atoms with Crippen molar-refractivity contribution >= 4 is 60.6 Å². The van der Waals surface area contributed by atoms with E-state index in [1.165, 1.54) is 94.1 Å². The van der Waals surface area contributed by atoms with Gasteiger partial charge < -0.3 is 14.5 Å². The molecule has 1 aliphatic heterocycles. The van der Waals surface area contributed by atoms with E-state index < -0.39 is 0 Å². The summed E-state index contributed by atoms with van der Waals surface area (Å²) in [4.78, 5) is 6.12. The molecule has 3 heterocycles. The SMILES string of the molecule is C=C1/C=C\C=C/CN(c2cc(C)c(-c3ccc4[nH]c5ccc(-c6cc(C)c(-n7c8ccccc8c8ccccc87)cc6C)cc5c4c3)cc2C)c2ccccc21. The van der Waals surface area contributed by atoms with Gasteiger partial charge in [-0.2, -0.15) is 0 Å². The first-order valence-electron chi connectivity index (χ1n) is 19.5. The normalized spacial score (nSPS) is 14.3. The second-order valence-corrected chi connectivity index (χ2v) is 15.4. The van der Waals surface area contributed by atoms with Crippen molar-refractivity contribution in [3.05, 3.63) is 192 Å². The Hall–Kier alpha value is -6.84. The minimum Gasteiger partial charge on any atom is -0.355 e. The molecule has 0 amide bonds. The highest BCUT2D eigenvalue weighted by atomic mass is 15.1. The molecule has 270 valence electrons. The highest BCUT2D eigenvalue weighted by molar-refractivity contribution is 6.11. The van der Waals surface area contributed by atoms with Crippen LogP contribution in [0.3, 0.4) is 0 Å². The zero-order valence-electron chi connectivity index (χ0n) is 32.3. The van der Waals surface area contributed by atoms with Gasteiger partial charge in [-0.3, -0.25) is 0 Å². The fourth-order valence-electron chi connectivity index (χ4n) is 8.98. The van der Waals surface area contributed by atoms with Gasteiger partial charge in [-0.05, 0) is 145 Å². The summed E-state index contributed by atoms with van der Waals surface area (Å²) in [6.07, 6.45) is 8.51. The third-order valence-electron chi connectivity index (χ3n) is 11.8. The summed E-state index contributed by atoms with van der Waals surface area (Å²) in [5.41, 5.74) is 20.5. The van der Waals surface area contributed by atoms with Crippen LogP contribution in [0.2, 0.25) is 0 Å². The fourth-order valence-corrected chi connectivity index (χ4v) is 8.98. The molecule has 2 aromatic heterocycles. The summed E-state index contributed by atoms with van der Waals surface area (Å²) in [7, 11) is 0. The van der Waals surface area contributed by atoms with Crippen LogP contribution in [-0.4, -0.2) is 16.1 Å². The molecule has 0 atom stereocenters. The van der Waals surface area contributed by atoms with Crippen molar-refractivity contribution in [2.24, 2.45) is 0 Å². The smallest absolute Gasteiger partial charge is 0.0541 e. The maximum atomic E-state index is 4.37. The van der Waals surface area contributed by atoms with Crippen molar-refractivity contribution in [2.45, 2.75) is 27.7 Å². The lowest BCUT2D eigenvalue weighted by molar-refractivity contribution is 1.08. The number of fused-ring (bicyclic) bond motifs is 7. The summed E-state index contributed by atoms with van der Waals surface area (Å²) in [5.74, 6) is 0. The van der Waals surface area contributed by atoms with Gasteiger partial charge in [0, 0.05) is 61.7 Å². The molecule has 10 rings (SSSR count). The molecule has 0 bridgehead atoms. The predicted octanol–water partition coefficient (Wildman–Crippen LogP) is 14.3. The summed E-state index contributed by atoms with van der Waals surface area (Å²) in [6, 6.07) is 49.3. The summed E-state index contributed by atoms with van der Waals surface area (Å²) < 4.78 is 2.43. The Kier molecular flexibility index (Phi) is 7.93. The molecule has 1 N–H and O–H groups in total. The summed E-state index contributed by atoms with van der Waals surface area (Å²) in [6.45, 7) is 14.1. The van der Waals surface area contributed by atoms with Gasteiger partial charge in [-0.15, -0.1) is 0 Å². The van der Waals surface area contributed by atoms with Gasteiger partial charge in [0.15, 0.2) is 0 Å². The van der Waals surface area contributed by atoms with Crippen LogP contribution in [0, 0.1) is 27.7 Å². The summed E-state index contributed by atoms with van der Waals surface area (Å²) >= 11 is 0. The first-order valence-corrected chi connectivity index (χ1v) is 19.5.